The van der Waals surface area contributed by atoms with Gasteiger partial charge in [-0.2, -0.15) is 9.40 Å². The Kier molecular flexibility index (Phi) is 6.61. The van der Waals surface area contributed by atoms with E-state index in [0.717, 1.165) is 23.3 Å². The number of carbonyl (C=O) groups excluding carboxylic acids is 1. The molecule has 1 N–H and O–H groups in total. The Bertz CT molecular complexity index is 1150. The highest BCUT2D eigenvalue weighted by atomic mass is 32.2. The van der Waals surface area contributed by atoms with E-state index in [4.69, 9.17) is 0 Å². The van der Waals surface area contributed by atoms with Crippen LogP contribution >= 0.6 is 0 Å². The van der Waals surface area contributed by atoms with Crippen molar-refractivity contribution in [3.8, 4) is 0 Å². The molecule has 1 aliphatic heterocycles. The van der Waals surface area contributed by atoms with Crippen molar-refractivity contribution in [2.45, 2.75) is 30.8 Å². The molecule has 1 unspecified atom stereocenters. The maximum Gasteiger partial charge on any atom is 0.243 e. The fourth-order valence-electron chi connectivity index (χ4n) is 3.73. The fraction of sp³-hybridized carbons (Fsp3) is 0.318. The summed E-state index contributed by atoms with van der Waals surface area (Å²) < 4.78 is 41.9. The van der Waals surface area contributed by atoms with Crippen LogP contribution in [0.25, 0.3) is 0 Å². The van der Waals surface area contributed by atoms with Crippen LogP contribution in [0.2, 0.25) is 0 Å². The van der Waals surface area contributed by atoms with Gasteiger partial charge in [0, 0.05) is 19.6 Å². The first-order valence-electron chi connectivity index (χ1n) is 10.4. The second-order valence-electron chi connectivity index (χ2n) is 7.78. The van der Waals surface area contributed by atoms with Crippen LogP contribution in [0.3, 0.4) is 0 Å². The number of nitrogens with zero attached hydrogens (tertiary/aromatic N) is 4. The van der Waals surface area contributed by atoms with Gasteiger partial charge in [-0.3, -0.25) is 4.79 Å². The predicted octanol–water partition coefficient (Wildman–Crippen LogP) is 2.18. The van der Waals surface area contributed by atoms with Crippen molar-refractivity contribution in [2.75, 3.05) is 13.1 Å². The summed E-state index contributed by atoms with van der Waals surface area (Å²) in [6.45, 7) is 1.44. The topological polar surface area (TPSA) is 97.2 Å². The molecule has 0 bridgehead atoms. The normalized spacial score (nSPS) is 17.2. The van der Waals surface area contributed by atoms with Gasteiger partial charge in [0.25, 0.3) is 0 Å². The van der Waals surface area contributed by atoms with Crippen LogP contribution in [0, 0.1) is 11.7 Å². The average Bonchev–Trinajstić information content (AvgIpc) is 3.32. The Balaban J connectivity index is 1.33. The summed E-state index contributed by atoms with van der Waals surface area (Å²) >= 11 is 0. The molecule has 2 heterocycles. The lowest BCUT2D eigenvalue weighted by molar-refractivity contribution is -0.126. The van der Waals surface area contributed by atoms with Gasteiger partial charge in [-0.25, -0.2) is 22.5 Å². The molecule has 1 aliphatic rings. The van der Waals surface area contributed by atoms with Gasteiger partial charge in [-0.05, 0) is 48.2 Å². The molecule has 2 aromatic carbocycles. The zero-order valence-electron chi connectivity index (χ0n) is 17.4. The molecule has 32 heavy (non-hydrogen) atoms. The number of nitrogens with one attached hydrogen (secondary N) is 1. The lowest BCUT2D eigenvalue weighted by Gasteiger charge is -2.31. The Morgan fingerprint density at radius 2 is 1.81 bits per heavy atom. The molecule has 0 radical (unpaired) electrons. The van der Waals surface area contributed by atoms with Gasteiger partial charge in [0.15, 0.2) is 0 Å². The minimum Gasteiger partial charge on any atom is -0.352 e. The maximum absolute atomic E-state index is 13.1. The summed E-state index contributed by atoms with van der Waals surface area (Å²) in [6, 6.07) is 12.6. The summed E-state index contributed by atoms with van der Waals surface area (Å²) in [6.07, 6.45) is 4.35. The van der Waals surface area contributed by atoms with Gasteiger partial charge in [-0.15, -0.1) is 0 Å². The minimum atomic E-state index is -3.76. The first-order valence-corrected chi connectivity index (χ1v) is 11.8. The van der Waals surface area contributed by atoms with E-state index in [1.807, 2.05) is 24.3 Å². The van der Waals surface area contributed by atoms with Gasteiger partial charge in [0.1, 0.15) is 18.5 Å². The number of hydrogen-bond donors (Lipinski definition) is 1. The summed E-state index contributed by atoms with van der Waals surface area (Å²) in [5.74, 6) is -1.09. The van der Waals surface area contributed by atoms with Gasteiger partial charge in [-0.1, -0.05) is 24.3 Å². The van der Waals surface area contributed by atoms with Crippen molar-refractivity contribution in [1.29, 1.82) is 0 Å². The van der Waals surface area contributed by atoms with Crippen LogP contribution in [-0.2, 0) is 27.9 Å². The number of piperidine rings is 1. The molecule has 168 valence electrons. The molecule has 1 atom stereocenters. The molecule has 0 spiro atoms. The van der Waals surface area contributed by atoms with E-state index in [-0.39, 0.29) is 17.3 Å². The van der Waals surface area contributed by atoms with Crippen LogP contribution in [0.15, 0.2) is 66.1 Å². The van der Waals surface area contributed by atoms with Crippen molar-refractivity contribution < 1.29 is 17.6 Å². The molecule has 1 fully saturated rings. The molecule has 0 saturated carbocycles. The fourth-order valence-corrected chi connectivity index (χ4v) is 5.25. The molecule has 1 aromatic heterocycles. The molecule has 8 nitrogen and oxygen atoms in total. The molecule has 0 aliphatic carbocycles. The second kappa shape index (κ2) is 9.58. The van der Waals surface area contributed by atoms with E-state index in [1.54, 1.807) is 11.0 Å². The van der Waals surface area contributed by atoms with Crippen molar-refractivity contribution >= 4 is 15.9 Å². The molecular weight excluding hydrogens is 433 g/mol. The Morgan fingerprint density at radius 1 is 1.09 bits per heavy atom. The van der Waals surface area contributed by atoms with E-state index < -0.39 is 21.8 Å². The number of benzene rings is 2. The Labute approximate surface area is 186 Å². The quantitative estimate of drug-likeness (QED) is 0.587. The smallest absolute Gasteiger partial charge is 0.243 e. The van der Waals surface area contributed by atoms with Gasteiger partial charge in [0.2, 0.25) is 15.9 Å². The first kappa shape index (κ1) is 22.1. The molecule has 10 heteroatoms. The molecule has 4 rings (SSSR count). The zero-order valence-corrected chi connectivity index (χ0v) is 18.2. The van der Waals surface area contributed by atoms with Gasteiger partial charge >= 0.3 is 0 Å². The molecule has 3 aromatic rings. The van der Waals surface area contributed by atoms with E-state index >= 15 is 0 Å². The number of rotatable bonds is 7. The molecule has 1 saturated heterocycles. The molecule has 1 amide bonds. The highest BCUT2D eigenvalue weighted by molar-refractivity contribution is 7.89. The standard InChI is InChI=1S/C22H24FN5O3S/c23-20-7-9-21(10-8-20)32(30,31)28-11-1-2-19(14-28)22(29)25-12-17-3-5-18(6-4-17)13-27-16-24-15-26-27/h3-10,15-16,19H,1-2,11-14H2,(H,25,29). The largest absolute Gasteiger partial charge is 0.352 e. The van der Waals surface area contributed by atoms with Gasteiger partial charge < -0.3 is 5.32 Å². The van der Waals surface area contributed by atoms with Crippen molar-refractivity contribution in [2.24, 2.45) is 5.92 Å². The highest BCUT2D eigenvalue weighted by Gasteiger charge is 2.33. The number of hydrogen-bond acceptors (Lipinski definition) is 5. The number of aromatic nitrogens is 3. The third-order valence-corrected chi connectivity index (χ3v) is 7.39. The minimum absolute atomic E-state index is 0.0333. The van der Waals surface area contributed by atoms with E-state index in [1.165, 1.54) is 22.8 Å². The van der Waals surface area contributed by atoms with Crippen LogP contribution in [0.1, 0.15) is 24.0 Å². The molecular formula is C22H24FN5O3S. The van der Waals surface area contributed by atoms with E-state index in [9.17, 15) is 17.6 Å². The van der Waals surface area contributed by atoms with Crippen LogP contribution in [0.5, 0.6) is 0 Å². The van der Waals surface area contributed by atoms with Gasteiger partial charge in [0.05, 0.1) is 17.4 Å². The van der Waals surface area contributed by atoms with Crippen molar-refractivity contribution in [3.05, 3.63) is 78.1 Å². The number of sulfonamides is 1. The van der Waals surface area contributed by atoms with Crippen LogP contribution < -0.4 is 5.32 Å². The van der Waals surface area contributed by atoms with E-state index in [2.05, 4.69) is 15.4 Å². The number of carbonyl (C=O) groups is 1. The Morgan fingerprint density at radius 3 is 2.50 bits per heavy atom. The average molecular weight is 458 g/mol. The second-order valence-corrected chi connectivity index (χ2v) is 9.72. The van der Waals surface area contributed by atoms with E-state index in [0.29, 0.717) is 32.5 Å². The SMILES string of the molecule is O=C(NCc1ccc(Cn2cncn2)cc1)C1CCCN(S(=O)(=O)c2ccc(F)cc2)C1. The van der Waals surface area contributed by atoms with Crippen LogP contribution in [-0.4, -0.2) is 46.5 Å². The summed E-state index contributed by atoms with van der Waals surface area (Å²) in [5.41, 5.74) is 2.02. The number of amides is 1. The predicted molar refractivity (Wildman–Crippen MR) is 115 cm³/mol. The summed E-state index contributed by atoms with van der Waals surface area (Å²) in [4.78, 5) is 16.7. The highest BCUT2D eigenvalue weighted by Crippen LogP contribution is 2.24. The summed E-state index contributed by atoms with van der Waals surface area (Å²) in [5, 5.41) is 6.99. The van der Waals surface area contributed by atoms with Crippen molar-refractivity contribution in [3.63, 3.8) is 0 Å². The third-order valence-electron chi connectivity index (χ3n) is 5.51. The van der Waals surface area contributed by atoms with Crippen molar-refractivity contribution in [1.82, 2.24) is 24.4 Å². The maximum atomic E-state index is 13.1. The lowest BCUT2D eigenvalue weighted by Crippen LogP contribution is -2.45. The first-order chi connectivity index (χ1) is 15.4. The Hall–Kier alpha value is -3.11. The zero-order chi connectivity index (χ0) is 22.6. The summed E-state index contributed by atoms with van der Waals surface area (Å²) in [7, 11) is -3.76. The number of halogens is 1. The monoisotopic (exact) mass is 457 g/mol. The van der Waals surface area contributed by atoms with Crippen LogP contribution in [0.4, 0.5) is 4.39 Å². The third kappa shape index (κ3) is 5.20. The lowest BCUT2D eigenvalue weighted by atomic mass is 9.98.